The summed E-state index contributed by atoms with van der Waals surface area (Å²) in [5.41, 5.74) is 2.88. The van der Waals surface area contributed by atoms with E-state index in [1.54, 1.807) is 0 Å². The van der Waals surface area contributed by atoms with Gasteiger partial charge >= 0.3 is 0 Å². The number of fused-ring (bicyclic) bond motifs is 3. The van der Waals surface area contributed by atoms with Crippen molar-refractivity contribution < 1.29 is 4.74 Å². The van der Waals surface area contributed by atoms with E-state index in [9.17, 15) is 0 Å². The van der Waals surface area contributed by atoms with E-state index >= 15 is 0 Å². The molecule has 1 aromatic carbocycles. The Morgan fingerprint density at radius 1 is 1.54 bits per heavy atom. The molecule has 1 aromatic rings. The highest BCUT2D eigenvalue weighted by molar-refractivity contribution is 9.10. The monoisotopic (exact) mass is 238 g/mol. The van der Waals surface area contributed by atoms with Crippen LogP contribution in [0.15, 0.2) is 22.7 Å². The Labute approximate surface area is 86.2 Å². The van der Waals surface area contributed by atoms with Gasteiger partial charge in [0.05, 0.1) is 6.10 Å². The molecule has 2 atom stereocenters. The molecule has 13 heavy (non-hydrogen) atoms. The summed E-state index contributed by atoms with van der Waals surface area (Å²) in [5, 5.41) is 0. The second-order valence-corrected chi connectivity index (χ2v) is 4.97. The third-order valence-corrected chi connectivity index (χ3v) is 3.72. The molecule has 2 heteroatoms. The number of epoxide rings is 1. The van der Waals surface area contributed by atoms with E-state index in [4.69, 9.17) is 4.74 Å². The molecule has 1 fully saturated rings. The van der Waals surface area contributed by atoms with E-state index in [-0.39, 0.29) is 5.60 Å². The summed E-state index contributed by atoms with van der Waals surface area (Å²) in [4.78, 5) is 0. The molecule has 68 valence electrons. The Bertz CT molecular complexity index is 374. The molecule has 0 aromatic heterocycles. The van der Waals surface area contributed by atoms with Crippen LogP contribution in [0.25, 0.3) is 0 Å². The number of ether oxygens (including phenoxy) is 1. The molecule has 0 saturated carbocycles. The van der Waals surface area contributed by atoms with Crippen LogP contribution in [0, 0.1) is 0 Å². The molecule has 1 nitrogen and oxygen atoms in total. The van der Waals surface area contributed by atoms with Gasteiger partial charge in [-0.1, -0.05) is 22.0 Å². The van der Waals surface area contributed by atoms with Crippen LogP contribution in [0.5, 0.6) is 0 Å². The summed E-state index contributed by atoms with van der Waals surface area (Å²) in [6, 6.07) is 6.53. The maximum atomic E-state index is 5.73. The molecule has 1 heterocycles. The third-order valence-electron chi connectivity index (χ3n) is 3.23. The summed E-state index contributed by atoms with van der Waals surface area (Å²) in [6.45, 7) is 2.20. The molecule has 1 saturated heterocycles. The van der Waals surface area contributed by atoms with E-state index < -0.39 is 0 Å². The fourth-order valence-electron chi connectivity index (χ4n) is 2.35. The smallest absolute Gasteiger partial charge is 0.117 e. The van der Waals surface area contributed by atoms with Crippen molar-refractivity contribution in [2.45, 2.75) is 31.5 Å². The van der Waals surface area contributed by atoms with Crippen LogP contribution in [-0.2, 0) is 16.8 Å². The predicted octanol–water partition coefficient (Wildman–Crippen LogP) is 3.01. The minimum Gasteiger partial charge on any atom is -0.361 e. The zero-order valence-electron chi connectivity index (χ0n) is 7.51. The Hall–Kier alpha value is -0.340. The van der Waals surface area contributed by atoms with Crippen molar-refractivity contribution in [2.75, 3.05) is 0 Å². The summed E-state index contributed by atoms with van der Waals surface area (Å²) < 4.78 is 6.88. The van der Waals surface area contributed by atoms with Crippen molar-refractivity contribution in [2.24, 2.45) is 0 Å². The highest BCUT2D eigenvalue weighted by atomic mass is 79.9. The first-order valence-corrected chi connectivity index (χ1v) is 5.46. The Balaban J connectivity index is 2.19. The highest BCUT2D eigenvalue weighted by Gasteiger charge is 2.56. The second-order valence-electron chi connectivity index (χ2n) is 4.05. The zero-order chi connectivity index (χ0) is 9.05. The number of rotatable bonds is 0. The van der Waals surface area contributed by atoms with Gasteiger partial charge in [0.25, 0.3) is 0 Å². The molecule has 1 aliphatic heterocycles. The van der Waals surface area contributed by atoms with Crippen LogP contribution in [0.3, 0.4) is 0 Å². The predicted molar refractivity (Wildman–Crippen MR) is 54.7 cm³/mol. The molecule has 1 aliphatic carbocycles. The summed E-state index contributed by atoms with van der Waals surface area (Å²) >= 11 is 3.51. The van der Waals surface area contributed by atoms with E-state index in [1.165, 1.54) is 24.0 Å². The molecule has 0 unspecified atom stereocenters. The van der Waals surface area contributed by atoms with Gasteiger partial charge in [0.15, 0.2) is 0 Å². The number of aryl methyl sites for hydroxylation is 1. The van der Waals surface area contributed by atoms with Crippen molar-refractivity contribution in [1.29, 1.82) is 0 Å². The molecule has 0 N–H and O–H groups in total. The van der Waals surface area contributed by atoms with Gasteiger partial charge in [0.2, 0.25) is 0 Å². The lowest BCUT2D eigenvalue weighted by Gasteiger charge is -2.18. The van der Waals surface area contributed by atoms with Gasteiger partial charge in [-0.25, -0.2) is 0 Å². The minimum atomic E-state index is 0.0391. The molecule has 3 rings (SSSR count). The average molecular weight is 239 g/mol. The third kappa shape index (κ3) is 1.02. The average Bonchev–Trinajstić information content (AvgIpc) is 2.78. The zero-order valence-corrected chi connectivity index (χ0v) is 9.10. The second kappa shape index (κ2) is 2.37. The van der Waals surface area contributed by atoms with Crippen LogP contribution in [0.4, 0.5) is 0 Å². The van der Waals surface area contributed by atoms with Gasteiger partial charge in [0.1, 0.15) is 5.60 Å². The fraction of sp³-hybridized carbons (Fsp3) is 0.455. The van der Waals surface area contributed by atoms with Crippen LogP contribution in [0.2, 0.25) is 0 Å². The number of benzene rings is 1. The minimum absolute atomic E-state index is 0.0391. The maximum absolute atomic E-state index is 5.73. The van der Waals surface area contributed by atoms with Crippen molar-refractivity contribution in [3.05, 3.63) is 33.8 Å². The molecule has 0 radical (unpaired) electrons. The summed E-state index contributed by atoms with van der Waals surface area (Å²) in [5.74, 6) is 0. The Morgan fingerprint density at radius 3 is 3.23 bits per heavy atom. The normalized spacial score (nSPS) is 35.1. The largest absolute Gasteiger partial charge is 0.361 e. The SMILES string of the molecule is C[C@@]12O[C@@H]1CCc1ccc(Br)cc12. The molecular weight excluding hydrogens is 228 g/mol. The van der Waals surface area contributed by atoms with Gasteiger partial charge in [-0.3, -0.25) is 0 Å². The number of hydrogen-bond donors (Lipinski definition) is 0. The quantitative estimate of drug-likeness (QED) is 0.634. The van der Waals surface area contributed by atoms with Gasteiger partial charge < -0.3 is 4.74 Å². The molecule has 0 spiro atoms. The lowest BCUT2D eigenvalue weighted by Crippen LogP contribution is -2.16. The Morgan fingerprint density at radius 2 is 2.38 bits per heavy atom. The van der Waals surface area contributed by atoms with Crippen molar-refractivity contribution in [1.82, 2.24) is 0 Å². The van der Waals surface area contributed by atoms with E-state index in [1.807, 2.05) is 0 Å². The van der Waals surface area contributed by atoms with Crippen LogP contribution in [0.1, 0.15) is 24.5 Å². The van der Waals surface area contributed by atoms with Crippen molar-refractivity contribution in [3.8, 4) is 0 Å². The molecular formula is C11H11BrO. The van der Waals surface area contributed by atoms with Gasteiger partial charge in [0, 0.05) is 4.47 Å². The Kier molecular flexibility index (Phi) is 1.46. The van der Waals surface area contributed by atoms with Crippen molar-refractivity contribution >= 4 is 15.9 Å². The summed E-state index contributed by atoms with van der Waals surface area (Å²) in [7, 11) is 0. The van der Waals surface area contributed by atoms with E-state index in [0.29, 0.717) is 6.10 Å². The molecule has 0 amide bonds. The van der Waals surface area contributed by atoms with Gasteiger partial charge in [-0.2, -0.15) is 0 Å². The standard InChI is InChI=1S/C11H11BrO/c1-11-9-6-8(12)4-2-7(9)3-5-10(11)13-11/h2,4,6,10H,3,5H2,1H3/t10-,11+/m1/s1. The van der Waals surface area contributed by atoms with Crippen LogP contribution >= 0.6 is 15.9 Å². The molecule has 0 bridgehead atoms. The fourth-order valence-corrected chi connectivity index (χ4v) is 2.71. The maximum Gasteiger partial charge on any atom is 0.117 e. The first-order valence-electron chi connectivity index (χ1n) is 4.67. The van der Waals surface area contributed by atoms with Crippen LogP contribution in [-0.4, -0.2) is 6.10 Å². The van der Waals surface area contributed by atoms with Crippen molar-refractivity contribution in [3.63, 3.8) is 0 Å². The number of hydrogen-bond acceptors (Lipinski definition) is 1. The number of halogens is 1. The highest BCUT2D eigenvalue weighted by Crippen LogP contribution is 2.52. The molecule has 2 aliphatic rings. The lowest BCUT2D eigenvalue weighted by molar-refractivity contribution is 0.314. The lowest BCUT2D eigenvalue weighted by atomic mass is 9.84. The van der Waals surface area contributed by atoms with Gasteiger partial charge in [-0.05, 0) is 43.0 Å². The van der Waals surface area contributed by atoms with Crippen LogP contribution < -0.4 is 0 Å². The summed E-state index contributed by atoms with van der Waals surface area (Å²) in [6.07, 6.45) is 2.84. The first-order chi connectivity index (χ1) is 6.20. The van der Waals surface area contributed by atoms with E-state index in [0.717, 1.165) is 4.47 Å². The first kappa shape index (κ1) is 8.01. The van der Waals surface area contributed by atoms with E-state index in [2.05, 4.69) is 41.1 Å². The topological polar surface area (TPSA) is 12.5 Å². The van der Waals surface area contributed by atoms with Gasteiger partial charge in [-0.15, -0.1) is 0 Å².